The summed E-state index contributed by atoms with van der Waals surface area (Å²) in [7, 11) is 0. The molecule has 0 saturated heterocycles. The van der Waals surface area contributed by atoms with Crippen molar-refractivity contribution in [2.45, 2.75) is 20.5 Å². The Bertz CT molecular complexity index is 1090. The minimum Gasteiger partial charge on any atom is -0.462 e. The maximum absolute atomic E-state index is 12.7. The smallest absolute Gasteiger partial charge is 0.349 e. The summed E-state index contributed by atoms with van der Waals surface area (Å²) in [5.74, 6) is -1.57. The van der Waals surface area contributed by atoms with E-state index in [-0.39, 0.29) is 28.7 Å². The standard InChI is InChI=1S/C23H20BrNO5S/c1-3-29-22(27)18-14(2)19(23(28)30-13-15-7-5-4-6-8-15)31-21(18)25-20(26)16-9-11-17(24)12-10-16/h4-12H,3,13H2,1-2H3,(H,25,26). The number of nitrogens with one attached hydrogen (secondary N) is 1. The molecule has 6 nitrogen and oxygen atoms in total. The first-order chi connectivity index (χ1) is 14.9. The number of anilines is 1. The number of benzene rings is 2. The van der Waals surface area contributed by atoms with E-state index in [1.54, 1.807) is 38.1 Å². The second-order valence-electron chi connectivity index (χ2n) is 6.50. The number of carbonyl (C=O) groups excluding carboxylic acids is 3. The first kappa shape index (κ1) is 22.7. The van der Waals surface area contributed by atoms with Crippen LogP contribution in [0.5, 0.6) is 0 Å². The maximum atomic E-state index is 12.7. The molecule has 0 radical (unpaired) electrons. The fraction of sp³-hybridized carbons (Fsp3) is 0.174. The molecule has 1 N–H and O–H groups in total. The molecule has 0 aliphatic rings. The van der Waals surface area contributed by atoms with Gasteiger partial charge in [-0.05, 0) is 49.2 Å². The zero-order valence-electron chi connectivity index (χ0n) is 16.9. The predicted octanol–water partition coefficient (Wildman–Crippen LogP) is 5.61. The Hall–Kier alpha value is -2.97. The van der Waals surface area contributed by atoms with Crippen molar-refractivity contribution in [1.82, 2.24) is 0 Å². The van der Waals surface area contributed by atoms with Crippen LogP contribution in [0.3, 0.4) is 0 Å². The van der Waals surface area contributed by atoms with Gasteiger partial charge in [0.2, 0.25) is 0 Å². The van der Waals surface area contributed by atoms with Crippen LogP contribution in [-0.4, -0.2) is 24.5 Å². The van der Waals surface area contributed by atoms with Crippen LogP contribution < -0.4 is 5.32 Å². The molecule has 0 unspecified atom stereocenters. The Balaban J connectivity index is 1.86. The maximum Gasteiger partial charge on any atom is 0.349 e. The van der Waals surface area contributed by atoms with Gasteiger partial charge in [0.1, 0.15) is 16.5 Å². The normalized spacial score (nSPS) is 10.4. The van der Waals surface area contributed by atoms with Crippen molar-refractivity contribution in [1.29, 1.82) is 0 Å². The Morgan fingerprint density at radius 2 is 1.65 bits per heavy atom. The number of ether oxygens (including phenoxy) is 2. The van der Waals surface area contributed by atoms with E-state index in [9.17, 15) is 14.4 Å². The molecule has 1 aromatic heterocycles. The number of halogens is 1. The minimum absolute atomic E-state index is 0.104. The zero-order valence-corrected chi connectivity index (χ0v) is 19.3. The highest BCUT2D eigenvalue weighted by Crippen LogP contribution is 2.35. The Kier molecular flexibility index (Phi) is 7.59. The van der Waals surface area contributed by atoms with Crippen molar-refractivity contribution in [2.24, 2.45) is 0 Å². The fourth-order valence-electron chi connectivity index (χ4n) is 2.81. The molecular weight excluding hydrogens is 482 g/mol. The first-order valence-electron chi connectivity index (χ1n) is 9.49. The number of carbonyl (C=O) groups is 3. The van der Waals surface area contributed by atoms with Crippen molar-refractivity contribution in [3.05, 3.63) is 86.2 Å². The van der Waals surface area contributed by atoms with E-state index < -0.39 is 17.8 Å². The molecule has 0 spiro atoms. The lowest BCUT2D eigenvalue weighted by atomic mass is 10.1. The molecule has 8 heteroatoms. The van der Waals surface area contributed by atoms with Crippen molar-refractivity contribution in [3.63, 3.8) is 0 Å². The molecule has 0 aliphatic heterocycles. The van der Waals surface area contributed by atoms with Crippen LogP contribution >= 0.6 is 27.3 Å². The number of rotatable bonds is 7. The lowest BCUT2D eigenvalue weighted by Gasteiger charge is -2.07. The highest BCUT2D eigenvalue weighted by Gasteiger charge is 2.27. The van der Waals surface area contributed by atoms with Gasteiger partial charge in [-0.3, -0.25) is 4.79 Å². The summed E-state index contributed by atoms with van der Waals surface area (Å²) in [6.45, 7) is 3.60. The van der Waals surface area contributed by atoms with Crippen molar-refractivity contribution in [3.8, 4) is 0 Å². The third-order valence-electron chi connectivity index (χ3n) is 4.36. The van der Waals surface area contributed by atoms with Gasteiger partial charge in [0, 0.05) is 10.0 Å². The molecule has 1 amide bonds. The van der Waals surface area contributed by atoms with Gasteiger partial charge in [0.05, 0.1) is 12.2 Å². The SMILES string of the molecule is CCOC(=O)c1c(NC(=O)c2ccc(Br)cc2)sc(C(=O)OCc2ccccc2)c1C. The van der Waals surface area contributed by atoms with E-state index >= 15 is 0 Å². The summed E-state index contributed by atoms with van der Waals surface area (Å²) >= 11 is 4.32. The average Bonchev–Trinajstić information content (AvgIpc) is 3.09. The molecule has 2 aromatic carbocycles. The topological polar surface area (TPSA) is 81.7 Å². The molecule has 0 saturated carbocycles. The van der Waals surface area contributed by atoms with E-state index in [0.717, 1.165) is 21.4 Å². The van der Waals surface area contributed by atoms with Crippen LogP contribution in [-0.2, 0) is 16.1 Å². The van der Waals surface area contributed by atoms with Gasteiger partial charge in [-0.1, -0.05) is 46.3 Å². The molecule has 0 atom stereocenters. The number of hydrogen-bond donors (Lipinski definition) is 1. The van der Waals surface area contributed by atoms with E-state index in [1.165, 1.54) is 0 Å². The third-order valence-corrected chi connectivity index (χ3v) is 6.07. The fourth-order valence-corrected chi connectivity index (χ4v) is 4.16. The minimum atomic E-state index is -0.607. The van der Waals surface area contributed by atoms with E-state index in [1.807, 2.05) is 30.3 Å². The van der Waals surface area contributed by atoms with Gasteiger partial charge >= 0.3 is 11.9 Å². The van der Waals surface area contributed by atoms with Crippen molar-refractivity contribution in [2.75, 3.05) is 11.9 Å². The summed E-state index contributed by atoms with van der Waals surface area (Å²) in [4.78, 5) is 38.1. The van der Waals surface area contributed by atoms with Crippen LogP contribution in [0.1, 0.15) is 48.4 Å². The molecule has 31 heavy (non-hydrogen) atoms. The van der Waals surface area contributed by atoms with Crippen LogP contribution in [0.4, 0.5) is 5.00 Å². The molecule has 0 fully saturated rings. The molecular formula is C23H20BrNO5S. The van der Waals surface area contributed by atoms with Crippen LogP contribution in [0, 0.1) is 6.92 Å². The summed E-state index contributed by atoms with van der Waals surface area (Å²) in [5, 5.41) is 2.98. The quantitative estimate of drug-likeness (QED) is 0.425. The van der Waals surface area contributed by atoms with Crippen molar-refractivity contribution < 1.29 is 23.9 Å². The molecule has 0 aliphatic carbocycles. The zero-order chi connectivity index (χ0) is 22.4. The largest absolute Gasteiger partial charge is 0.462 e. The lowest BCUT2D eigenvalue weighted by molar-refractivity contribution is 0.0477. The average molecular weight is 502 g/mol. The lowest BCUT2D eigenvalue weighted by Crippen LogP contribution is -2.14. The molecule has 0 bridgehead atoms. The van der Waals surface area contributed by atoms with Crippen molar-refractivity contribution >= 4 is 50.1 Å². The number of hydrogen-bond acceptors (Lipinski definition) is 6. The van der Waals surface area contributed by atoms with Gasteiger partial charge < -0.3 is 14.8 Å². The number of esters is 2. The Morgan fingerprint density at radius 1 is 0.968 bits per heavy atom. The third kappa shape index (κ3) is 5.59. The van der Waals surface area contributed by atoms with Gasteiger partial charge in [-0.15, -0.1) is 11.3 Å². The molecule has 160 valence electrons. The van der Waals surface area contributed by atoms with Crippen LogP contribution in [0.2, 0.25) is 0 Å². The van der Waals surface area contributed by atoms with E-state index in [4.69, 9.17) is 9.47 Å². The second kappa shape index (κ2) is 10.4. The van der Waals surface area contributed by atoms with Gasteiger partial charge in [-0.25, -0.2) is 9.59 Å². The Labute approximate surface area is 192 Å². The Morgan fingerprint density at radius 3 is 2.29 bits per heavy atom. The van der Waals surface area contributed by atoms with Gasteiger partial charge in [-0.2, -0.15) is 0 Å². The molecule has 1 heterocycles. The summed E-state index contributed by atoms with van der Waals surface area (Å²) in [6.07, 6.45) is 0. The van der Waals surface area contributed by atoms with E-state index in [0.29, 0.717) is 11.1 Å². The summed E-state index contributed by atoms with van der Waals surface area (Å²) < 4.78 is 11.4. The second-order valence-corrected chi connectivity index (χ2v) is 8.44. The number of amides is 1. The van der Waals surface area contributed by atoms with Gasteiger partial charge in [0.25, 0.3) is 5.91 Å². The van der Waals surface area contributed by atoms with Crippen LogP contribution in [0.25, 0.3) is 0 Å². The summed E-state index contributed by atoms with van der Waals surface area (Å²) in [6, 6.07) is 16.1. The molecule has 3 aromatic rings. The van der Waals surface area contributed by atoms with Crippen LogP contribution in [0.15, 0.2) is 59.1 Å². The van der Waals surface area contributed by atoms with Gasteiger partial charge in [0.15, 0.2) is 0 Å². The first-order valence-corrected chi connectivity index (χ1v) is 11.1. The highest BCUT2D eigenvalue weighted by molar-refractivity contribution is 9.10. The summed E-state index contributed by atoms with van der Waals surface area (Å²) in [5.41, 5.74) is 1.83. The molecule has 3 rings (SSSR count). The highest BCUT2D eigenvalue weighted by atomic mass is 79.9. The number of thiophene rings is 1. The predicted molar refractivity (Wildman–Crippen MR) is 123 cm³/mol. The monoisotopic (exact) mass is 501 g/mol. The van der Waals surface area contributed by atoms with E-state index in [2.05, 4.69) is 21.2 Å².